The highest BCUT2D eigenvalue weighted by molar-refractivity contribution is 7.21. The molecule has 140 valence electrons. The number of aromatic nitrogens is 1. The van der Waals surface area contributed by atoms with Crippen molar-refractivity contribution in [2.75, 3.05) is 11.9 Å². The molecule has 0 aliphatic carbocycles. The molecule has 2 heterocycles. The summed E-state index contributed by atoms with van der Waals surface area (Å²) in [6, 6.07) is 18.7. The first-order chi connectivity index (χ1) is 13.7. The number of thiazole rings is 1. The summed E-state index contributed by atoms with van der Waals surface area (Å²) in [6.07, 6.45) is 1.58. The molecule has 0 saturated carbocycles. The SMILES string of the molecule is O=C(CCNC(=O)c1ccco1)Nc1ccccc1-c1nc2ccccc2s1. The lowest BCUT2D eigenvalue weighted by molar-refractivity contribution is -0.116. The Morgan fingerprint density at radius 1 is 1.00 bits per heavy atom. The van der Waals surface area contributed by atoms with Crippen molar-refractivity contribution in [1.29, 1.82) is 0 Å². The van der Waals surface area contributed by atoms with Crippen LogP contribution in [0.25, 0.3) is 20.8 Å². The first-order valence-electron chi connectivity index (χ1n) is 8.77. The van der Waals surface area contributed by atoms with E-state index in [2.05, 4.69) is 15.6 Å². The van der Waals surface area contributed by atoms with E-state index in [9.17, 15) is 9.59 Å². The van der Waals surface area contributed by atoms with E-state index >= 15 is 0 Å². The van der Waals surface area contributed by atoms with Crippen LogP contribution in [0.4, 0.5) is 5.69 Å². The molecule has 6 nitrogen and oxygen atoms in total. The molecule has 7 heteroatoms. The molecule has 0 bridgehead atoms. The summed E-state index contributed by atoms with van der Waals surface area (Å²) in [5.74, 6) is -0.303. The van der Waals surface area contributed by atoms with Gasteiger partial charge >= 0.3 is 0 Å². The summed E-state index contributed by atoms with van der Waals surface area (Å²) >= 11 is 1.58. The summed E-state index contributed by atoms with van der Waals surface area (Å²) in [7, 11) is 0. The second-order valence-electron chi connectivity index (χ2n) is 6.06. The molecule has 2 aromatic heterocycles. The molecule has 0 spiro atoms. The van der Waals surface area contributed by atoms with Crippen molar-refractivity contribution in [3.8, 4) is 10.6 Å². The quantitative estimate of drug-likeness (QED) is 0.513. The van der Waals surface area contributed by atoms with Gasteiger partial charge in [0.1, 0.15) is 5.01 Å². The Balaban J connectivity index is 1.42. The maximum Gasteiger partial charge on any atom is 0.286 e. The molecule has 0 saturated heterocycles. The van der Waals surface area contributed by atoms with Gasteiger partial charge in [-0.25, -0.2) is 4.98 Å². The number of rotatable bonds is 6. The van der Waals surface area contributed by atoms with Crippen LogP contribution < -0.4 is 10.6 Å². The molecule has 0 fully saturated rings. The van der Waals surface area contributed by atoms with Crippen LogP contribution in [-0.2, 0) is 4.79 Å². The number of nitrogens with one attached hydrogen (secondary N) is 2. The first kappa shape index (κ1) is 17.9. The molecule has 2 aromatic carbocycles. The summed E-state index contributed by atoms with van der Waals surface area (Å²) in [6.45, 7) is 0.217. The van der Waals surface area contributed by atoms with Gasteiger partial charge in [-0.3, -0.25) is 9.59 Å². The molecule has 0 atom stereocenters. The minimum atomic E-state index is -0.340. The fraction of sp³-hybridized carbons (Fsp3) is 0.0952. The lowest BCUT2D eigenvalue weighted by Crippen LogP contribution is -2.27. The number of para-hydroxylation sites is 2. The molecule has 2 amide bonds. The van der Waals surface area contributed by atoms with Crippen molar-refractivity contribution in [1.82, 2.24) is 10.3 Å². The summed E-state index contributed by atoms with van der Waals surface area (Å²) in [5.41, 5.74) is 2.50. The average Bonchev–Trinajstić information content (AvgIpc) is 3.38. The highest BCUT2D eigenvalue weighted by Crippen LogP contribution is 2.34. The topological polar surface area (TPSA) is 84.2 Å². The number of anilines is 1. The van der Waals surface area contributed by atoms with E-state index in [4.69, 9.17) is 4.42 Å². The third-order valence-electron chi connectivity index (χ3n) is 4.11. The lowest BCUT2D eigenvalue weighted by atomic mass is 10.2. The monoisotopic (exact) mass is 391 g/mol. The van der Waals surface area contributed by atoms with Crippen molar-refractivity contribution in [2.24, 2.45) is 0 Å². The van der Waals surface area contributed by atoms with Gasteiger partial charge in [0.05, 0.1) is 22.2 Å². The zero-order valence-corrected chi connectivity index (χ0v) is 15.7. The van der Waals surface area contributed by atoms with Crippen LogP contribution in [-0.4, -0.2) is 23.3 Å². The van der Waals surface area contributed by atoms with Crippen LogP contribution in [0.5, 0.6) is 0 Å². The first-order valence-corrected chi connectivity index (χ1v) is 9.59. The van der Waals surface area contributed by atoms with Gasteiger partial charge in [0.2, 0.25) is 5.91 Å². The standard InChI is InChI=1S/C21H17N3O3S/c25-19(11-12-22-20(26)17-9-5-13-27-17)23-15-7-2-1-6-14(15)21-24-16-8-3-4-10-18(16)28-21/h1-10,13H,11-12H2,(H,22,26)(H,23,25). The fourth-order valence-corrected chi connectivity index (χ4v) is 3.77. The second kappa shape index (κ2) is 8.06. The molecule has 0 radical (unpaired) electrons. The van der Waals surface area contributed by atoms with Gasteiger partial charge in [-0.2, -0.15) is 0 Å². The molecule has 4 aromatic rings. The number of hydrogen-bond donors (Lipinski definition) is 2. The normalized spacial score (nSPS) is 10.7. The molecule has 0 aliphatic heterocycles. The van der Waals surface area contributed by atoms with Crippen LogP contribution in [0.3, 0.4) is 0 Å². The highest BCUT2D eigenvalue weighted by Gasteiger charge is 2.13. The Labute approximate surface area is 165 Å². The van der Waals surface area contributed by atoms with Crippen LogP contribution in [0.1, 0.15) is 17.0 Å². The Morgan fingerprint density at radius 2 is 1.82 bits per heavy atom. The van der Waals surface area contributed by atoms with E-state index in [1.54, 1.807) is 23.5 Å². The predicted octanol–water partition coefficient (Wildman–Crippen LogP) is 4.31. The number of amides is 2. The van der Waals surface area contributed by atoms with E-state index in [1.165, 1.54) is 6.26 Å². The summed E-state index contributed by atoms with van der Waals surface area (Å²) in [5, 5.41) is 6.43. The molecule has 28 heavy (non-hydrogen) atoms. The third-order valence-corrected chi connectivity index (χ3v) is 5.18. The van der Waals surface area contributed by atoms with Crippen LogP contribution >= 0.6 is 11.3 Å². The Bertz CT molecular complexity index is 1090. The predicted molar refractivity (Wildman–Crippen MR) is 109 cm³/mol. The summed E-state index contributed by atoms with van der Waals surface area (Å²) in [4.78, 5) is 28.8. The van der Waals surface area contributed by atoms with E-state index < -0.39 is 0 Å². The number of carbonyl (C=O) groups excluding carboxylic acids is 2. The van der Waals surface area contributed by atoms with Crippen LogP contribution in [0.2, 0.25) is 0 Å². The highest BCUT2D eigenvalue weighted by atomic mass is 32.1. The fourth-order valence-electron chi connectivity index (χ4n) is 2.76. The number of furan rings is 1. The maximum atomic E-state index is 12.3. The van der Waals surface area contributed by atoms with Gasteiger partial charge in [-0.1, -0.05) is 24.3 Å². The van der Waals surface area contributed by atoms with Crippen molar-refractivity contribution < 1.29 is 14.0 Å². The molecular weight excluding hydrogens is 374 g/mol. The van der Waals surface area contributed by atoms with Gasteiger partial charge in [-0.15, -0.1) is 11.3 Å². The van der Waals surface area contributed by atoms with Gasteiger partial charge in [0, 0.05) is 18.5 Å². The van der Waals surface area contributed by atoms with Crippen LogP contribution in [0, 0.1) is 0 Å². The number of hydrogen-bond acceptors (Lipinski definition) is 5. The van der Waals surface area contributed by atoms with Crippen molar-refractivity contribution in [3.05, 3.63) is 72.7 Å². The zero-order chi connectivity index (χ0) is 19.3. The van der Waals surface area contributed by atoms with E-state index in [-0.39, 0.29) is 30.5 Å². The van der Waals surface area contributed by atoms with E-state index in [1.807, 2.05) is 48.5 Å². The van der Waals surface area contributed by atoms with Gasteiger partial charge < -0.3 is 15.1 Å². The summed E-state index contributed by atoms with van der Waals surface area (Å²) < 4.78 is 6.12. The molecular formula is C21H17N3O3S. The third kappa shape index (κ3) is 3.94. The number of fused-ring (bicyclic) bond motifs is 1. The second-order valence-corrected chi connectivity index (χ2v) is 7.09. The lowest BCUT2D eigenvalue weighted by Gasteiger charge is -2.09. The van der Waals surface area contributed by atoms with Crippen molar-refractivity contribution in [2.45, 2.75) is 6.42 Å². The Kier molecular flexibility index (Phi) is 5.16. The minimum absolute atomic E-state index is 0.153. The zero-order valence-electron chi connectivity index (χ0n) is 14.8. The van der Waals surface area contributed by atoms with Crippen molar-refractivity contribution >= 4 is 39.1 Å². The average molecular weight is 391 g/mol. The molecule has 4 rings (SSSR count). The van der Waals surface area contributed by atoms with Gasteiger partial charge in [0.25, 0.3) is 5.91 Å². The Hall–Kier alpha value is -3.45. The smallest absolute Gasteiger partial charge is 0.286 e. The molecule has 0 unspecified atom stereocenters. The number of carbonyl (C=O) groups is 2. The molecule has 2 N–H and O–H groups in total. The molecule has 0 aliphatic rings. The van der Waals surface area contributed by atoms with E-state index in [0.29, 0.717) is 5.69 Å². The minimum Gasteiger partial charge on any atom is -0.459 e. The Morgan fingerprint density at radius 3 is 2.64 bits per heavy atom. The number of benzene rings is 2. The largest absolute Gasteiger partial charge is 0.459 e. The van der Waals surface area contributed by atoms with E-state index in [0.717, 1.165) is 20.8 Å². The van der Waals surface area contributed by atoms with Crippen molar-refractivity contribution in [3.63, 3.8) is 0 Å². The maximum absolute atomic E-state index is 12.3. The van der Waals surface area contributed by atoms with Gasteiger partial charge in [-0.05, 0) is 36.4 Å². The number of nitrogens with zero attached hydrogens (tertiary/aromatic N) is 1. The van der Waals surface area contributed by atoms with Gasteiger partial charge in [0.15, 0.2) is 5.76 Å². The van der Waals surface area contributed by atoms with Crippen LogP contribution in [0.15, 0.2) is 71.3 Å².